The Labute approximate surface area is 156 Å². The number of likely N-dealkylation sites (tertiary alicyclic amines) is 1. The molecular weight excluding hydrogens is 326 g/mol. The van der Waals surface area contributed by atoms with Crippen LogP contribution >= 0.6 is 0 Å². The predicted molar refractivity (Wildman–Crippen MR) is 102 cm³/mol. The van der Waals surface area contributed by atoms with E-state index in [0.29, 0.717) is 24.8 Å². The lowest BCUT2D eigenvalue weighted by molar-refractivity contribution is -0.132. The topological polar surface area (TPSA) is 47.4 Å². The molecule has 5 heteroatoms. The number of piperidine rings is 1. The Balaban J connectivity index is 1.62. The zero-order chi connectivity index (χ0) is 18.5. The smallest absolute Gasteiger partial charge is 0.222 e. The van der Waals surface area contributed by atoms with Crippen LogP contribution in [0.15, 0.2) is 36.7 Å². The summed E-state index contributed by atoms with van der Waals surface area (Å²) in [6, 6.07) is 8.32. The lowest BCUT2D eigenvalue weighted by atomic mass is 9.96. The van der Waals surface area contributed by atoms with Crippen LogP contribution in [-0.4, -0.2) is 40.6 Å². The predicted octanol–water partition coefficient (Wildman–Crippen LogP) is 3.81. The highest BCUT2D eigenvalue weighted by Gasteiger charge is 2.27. The third kappa shape index (κ3) is 4.09. The number of ether oxygens (including phenoxy) is 1. The number of nitrogens with zero attached hydrogens (tertiary/aromatic N) is 3. The van der Waals surface area contributed by atoms with Gasteiger partial charge in [0.1, 0.15) is 11.6 Å². The molecular formula is C21H29N3O2. The monoisotopic (exact) mass is 355 g/mol. The summed E-state index contributed by atoms with van der Waals surface area (Å²) >= 11 is 0. The first-order chi connectivity index (χ1) is 12.6. The van der Waals surface area contributed by atoms with Crippen molar-refractivity contribution in [3.05, 3.63) is 48.0 Å². The molecule has 5 nitrogen and oxygen atoms in total. The Bertz CT molecular complexity index is 738. The van der Waals surface area contributed by atoms with Gasteiger partial charge in [-0.2, -0.15) is 0 Å². The zero-order valence-electron chi connectivity index (χ0n) is 16.0. The fraction of sp³-hybridized carbons (Fsp3) is 0.524. The summed E-state index contributed by atoms with van der Waals surface area (Å²) in [5.74, 6) is 2.53. The summed E-state index contributed by atoms with van der Waals surface area (Å²) < 4.78 is 7.62. The standard InChI is InChI=1S/C21H29N3O2/c1-16(2)24-14-12-22-21(24)18-8-6-13-23(15-18)20(25)11-10-17-7-4-5-9-19(17)26-3/h4-5,7,9,12,14,16,18H,6,8,10-11,13,15H2,1-3H3/t18-/m1/s1. The van der Waals surface area contributed by atoms with E-state index in [1.54, 1.807) is 7.11 Å². The third-order valence-corrected chi connectivity index (χ3v) is 5.19. The van der Waals surface area contributed by atoms with Crippen molar-refractivity contribution in [3.63, 3.8) is 0 Å². The minimum atomic E-state index is 0.225. The van der Waals surface area contributed by atoms with Crippen LogP contribution in [0.25, 0.3) is 0 Å². The van der Waals surface area contributed by atoms with Crippen molar-refractivity contribution < 1.29 is 9.53 Å². The molecule has 2 heterocycles. The van der Waals surface area contributed by atoms with Gasteiger partial charge in [-0.3, -0.25) is 4.79 Å². The van der Waals surface area contributed by atoms with Crippen LogP contribution < -0.4 is 4.74 Å². The lowest BCUT2D eigenvalue weighted by Gasteiger charge is -2.33. The molecule has 0 spiro atoms. The second kappa shape index (κ2) is 8.39. The molecule has 26 heavy (non-hydrogen) atoms. The Morgan fingerprint density at radius 3 is 2.92 bits per heavy atom. The first-order valence-corrected chi connectivity index (χ1v) is 9.52. The summed E-state index contributed by atoms with van der Waals surface area (Å²) in [6.07, 6.45) is 7.28. The van der Waals surface area contributed by atoms with Crippen molar-refractivity contribution in [2.75, 3.05) is 20.2 Å². The summed E-state index contributed by atoms with van der Waals surface area (Å²) in [5, 5.41) is 0. The Kier molecular flexibility index (Phi) is 5.96. The summed E-state index contributed by atoms with van der Waals surface area (Å²) in [5.41, 5.74) is 1.09. The van der Waals surface area contributed by atoms with Crippen LogP contribution in [0, 0.1) is 0 Å². The number of amides is 1. The van der Waals surface area contributed by atoms with Crippen LogP contribution in [0.3, 0.4) is 0 Å². The van der Waals surface area contributed by atoms with Crippen LogP contribution in [0.5, 0.6) is 5.75 Å². The van der Waals surface area contributed by atoms with Crippen molar-refractivity contribution in [1.82, 2.24) is 14.5 Å². The van der Waals surface area contributed by atoms with Crippen molar-refractivity contribution in [2.24, 2.45) is 0 Å². The highest BCUT2D eigenvalue weighted by molar-refractivity contribution is 5.76. The molecule has 0 saturated carbocycles. The summed E-state index contributed by atoms with van der Waals surface area (Å²) in [6.45, 7) is 5.96. The molecule has 1 fully saturated rings. The van der Waals surface area contributed by atoms with E-state index in [9.17, 15) is 4.79 Å². The minimum absolute atomic E-state index is 0.225. The summed E-state index contributed by atoms with van der Waals surface area (Å²) in [4.78, 5) is 19.4. The molecule has 1 aliphatic heterocycles. The molecule has 1 aromatic heterocycles. The average Bonchev–Trinajstić information content (AvgIpc) is 3.16. The van der Waals surface area contributed by atoms with Crippen LogP contribution in [-0.2, 0) is 11.2 Å². The van der Waals surface area contributed by atoms with Gasteiger partial charge < -0.3 is 14.2 Å². The van der Waals surface area contributed by atoms with Gasteiger partial charge in [-0.05, 0) is 44.7 Å². The third-order valence-electron chi connectivity index (χ3n) is 5.19. The molecule has 1 aliphatic rings. The average molecular weight is 355 g/mol. The number of methoxy groups -OCH3 is 1. The minimum Gasteiger partial charge on any atom is -0.496 e. The Morgan fingerprint density at radius 1 is 1.35 bits per heavy atom. The van der Waals surface area contributed by atoms with E-state index < -0.39 is 0 Å². The molecule has 0 unspecified atom stereocenters. The number of hydrogen-bond acceptors (Lipinski definition) is 3. The zero-order valence-corrected chi connectivity index (χ0v) is 16.0. The number of para-hydroxylation sites is 1. The maximum atomic E-state index is 12.8. The van der Waals surface area contributed by atoms with Gasteiger partial charge in [-0.25, -0.2) is 4.98 Å². The molecule has 1 amide bonds. The van der Waals surface area contributed by atoms with Gasteiger partial charge in [-0.15, -0.1) is 0 Å². The van der Waals surface area contributed by atoms with Gasteiger partial charge in [-0.1, -0.05) is 18.2 Å². The normalized spacial score (nSPS) is 17.5. The van der Waals surface area contributed by atoms with Crippen LogP contribution in [0.4, 0.5) is 0 Å². The lowest BCUT2D eigenvalue weighted by Crippen LogP contribution is -2.40. The van der Waals surface area contributed by atoms with Crippen LogP contribution in [0.1, 0.15) is 56.5 Å². The SMILES string of the molecule is COc1ccccc1CCC(=O)N1CCC[C@@H](c2nccn2C(C)C)C1. The fourth-order valence-electron chi connectivity index (χ4n) is 3.80. The summed E-state index contributed by atoms with van der Waals surface area (Å²) in [7, 11) is 1.67. The molecule has 0 bridgehead atoms. The maximum absolute atomic E-state index is 12.8. The van der Waals surface area contributed by atoms with Gasteiger partial charge in [0.05, 0.1) is 7.11 Å². The highest BCUT2D eigenvalue weighted by Crippen LogP contribution is 2.28. The van der Waals surface area contributed by atoms with Crippen molar-refractivity contribution >= 4 is 5.91 Å². The number of aromatic nitrogens is 2. The second-order valence-electron chi connectivity index (χ2n) is 7.28. The van der Waals surface area contributed by atoms with Gasteiger partial charge in [0, 0.05) is 43.9 Å². The van der Waals surface area contributed by atoms with Gasteiger partial charge in [0.2, 0.25) is 5.91 Å². The highest BCUT2D eigenvalue weighted by atomic mass is 16.5. The van der Waals surface area contributed by atoms with Crippen molar-refractivity contribution in [1.29, 1.82) is 0 Å². The quantitative estimate of drug-likeness (QED) is 0.791. The molecule has 1 saturated heterocycles. The molecule has 0 radical (unpaired) electrons. The Morgan fingerprint density at radius 2 is 2.15 bits per heavy atom. The number of aryl methyl sites for hydroxylation is 1. The largest absolute Gasteiger partial charge is 0.496 e. The second-order valence-corrected chi connectivity index (χ2v) is 7.28. The molecule has 140 valence electrons. The number of carbonyl (C=O) groups excluding carboxylic acids is 1. The number of imidazole rings is 1. The van der Waals surface area contributed by atoms with E-state index in [0.717, 1.165) is 43.1 Å². The van der Waals surface area contributed by atoms with E-state index in [1.807, 2.05) is 41.6 Å². The first kappa shape index (κ1) is 18.5. The molecule has 0 aliphatic carbocycles. The Hall–Kier alpha value is -2.30. The van der Waals surface area contributed by atoms with Crippen molar-refractivity contribution in [2.45, 2.75) is 51.5 Å². The van der Waals surface area contributed by atoms with Gasteiger partial charge in [0.15, 0.2) is 0 Å². The van der Waals surface area contributed by atoms with Crippen LogP contribution in [0.2, 0.25) is 0 Å². The number of benzene rings is 1. The van der Waals surface area contributed by atoms with Crippen molar-refractivity contribution in [3.8, 4) is 5.75 Å². The van der Waals surface area contributed by atoms with E-state index in [1.165, 1.54) is 0 Å². The number of carbonyl (C=O) groups is 1. The number of rotatable bonds is 6. The van der Waals surface area contributed by atoms with Gasteiger partial charge >= 0.3 is 0 Å². The fourth-order valence-corrected chi connectivity index (χ4v) is 3.80. The maximum Gasteiger partial charge on any atom is 0.222 e. The molecule has 3 rings (SSSR count). The number of hydrogen-bond donors (Lipinski definition) is 0. The van der Waals surface area contributed by atoms with E-state index in [4.69, 9.17) is 4.74 Å². The molecule has 1 aromatic carbocycles. The molecule has 2 aromatic rings. The molecule has 1 atom stereocenters. The van der Waals surface area contributed by atoms with E-state index in [2.05, 4.69) is 23.4 Å². The first-order valence-electron chi connectivity index (χ1n) is 9.52. The van der Waals surface area contributed by atoms with E-state index >= 15 is 0 Å². The molecule has 0 N–H and O–H groups in total. The van der Waals surface area contributed by atoms with Gasteiger partial charge in [0.25, 0.3) is 0 Å². The van der Waals surface area contributed by atoms with E-state index in [-0.39, 0.29) is 5.91 Å².